The number of carboxylic acid groups (broad SMARTS) is 1. The predicted molar refractivity (Wildman–Crippen MR) is 103 cm³/mol. The number of carbonyl (C=O) groups is 1. The van der Waals surface area contributed by atoms with E-state index in [-0.39, 0.29) is 29.9 Å². The molecular weight excluding hydrogens is 357 g/mol. The van der Waals surface area contributed by atoms with Crippen molar-refractivity contribution in [2.24, 2.45) is 5.92 Å². The van der Waals surface area contributed by atoms with Gasteiger partial charge in [0.25, 0.3) is 0 Å². The van der Waals surface area contributed by atoms with Crippen LogP contribution in [0.5, 0.6) is 0 Å². The largest absolute Gasteiger partial charge is 0.481 e. The van der Waals surface area contributed by atoms with Crippen molar-refractivity contribution >= 4 is 5.97 Å². The second-order valence-corrected chi connectivity index (χ2v) is 8.32. The molecule has 0 radical (unpaired) electrons. The van der Waals surface area contributed by atoms with E-state index >= 15 is 0 Å². The topological polar surface area (TPSA) is 49.8 Å². The fourth-order valence-corrected chi connectivity index (χ4v) is 5.20. The summed E-state index contributed by atoms with van der Waals surface area (Å²) >= 11 is 0. The van der Waals surface area contributed by atoms with Crippen molar-refractivity contribution in [2.75, 3.05) is 19.6 Å². The maximum atomic E-state index is 14.0. The van der Waals surface area contributed by atoms with Crippen LogP contribution in [0.25, 0.3) is 0 Å². The van der Waals surface area contributed by atoms with Crippen LogP contribution in [0.3, 0.4) is 0 Å². The second-order valence-electron chi connectivity index (χ2n) is 8.32. The van der Waals surface area contributed by atoms with Crippen molar-refractivity contribution in [3.63, 3.8) is 0 Å². The van der Waals surface area contributed by atoms with Crippen LogP contribution in [0.15, 0.2) is 42.5 Å². The van der Waals surface area contributed by atoms with Crippen molar-refractivity contribution in [2.45, 2.75) is 37.4 Å². The van der Waals surface area contributed by atoms with E-state index in [1.165, 1.54) is 17.2 Å². The molecular formula is C23H24FNO3. The minimum absolute atomic E-state index is 0.0322. The highest BCUT2D eigenvalue weighted by molar-refractivity contribution is 5.70. The number of rotatable bonds is 3. The Morgan fingerprint density at radius 1 is 1.18 bits per heavy atom. The van der Waals surface area contributed by atoms with Gasteiger partial charge in [0.05, 0.1) is 18.1 Å². The average molecular weight is 381 g/mol. The summed E-state index contributed by atoms with van der Waals surface area (Å²) in [6.07, 6.45) is 2.28. The van der Waals surface area contributed by atoms with Gasteiger partial charge in [-0.1, -0.05) is 30.3 Å². The van der Waals surface area contributed by atoms with Crippen molar-refractivity contribution in [3.8, 4) is 0 Å². The summed E-state index contributed by atoms with van der Waals surface area (Å²) < 4.78 is 20.5. The van der Waals surface area contributed by atoms with Crippen molar-refractivity contribution in [1.29, 1.82) is 0 Å². The Labute approximate surface area is 163 Å². The van der Waals surface area contributed by atoms with Crippen LogP contribution in [-0.4, -0.2) is 41.7 Å². The highest BCUT2D eigenvalue weighted by atomic mass is 19.1. The molecule has 0 spiro atoms. The Morgan fingerprint density at radius 2 is 2.00 bits per heavy atom. The Morgan fingerprint density at radius 3 is 2.82 bits per heavy atom. The molecule has 5 rings (SSSR count). The lowest BCUT2D eigenvalue weighted by atomic mass is 9.87. The minimum Gasteiger partial charge on any atom is -0.481 e. The van der Waals surface area contributed by atoms with E-state index in [9.17, 15) is 14.3 Å². The van der Waals surface area contributed by atoms with E-state index in [0.717, 1.165) is 37.1 Å². The number of hydrogen-bond donors (Lipinski definition) is 1. The molecule has 5 heteroatoms. The predicted octanol–water partition coefficient (Wildman–Crippen LogP) is 3.75. The second kappa shape index (κ2) is 6.98. The van der Waals surface area contributed by atoms with Gasteiger partial charge in [-0.15, -0.1) is 0 Å². The van der Waals surface area contributed by atoms with Gasteiger partial charge < -0.3 is 9.84 Å². The van der Waals surface area contributed by atoms with Crippen LogP contribution in [0.4, 0.5) is 4.39 Å². The maximum Gasteiger partial charge on any atom is 0.307 e. The van der Waals surface area contributed by atoms with Gasteiger partial charge in [-0.3, -0.25) is 9.69 Å². The fourth-order valence-electron chi connectivity index (χ4n) is 5.20. The molecule has 1 N–H and O–H groups in total. The molecule has 0 aromatic heterocycles. The fraction of sp³-hybridized carbons (Fsp3) is 0.435. The molecule has 4 atom stereocenters. The molecule has 0 bridgehead atoms. The quantitative estimate of drug-likeness (QED) is 0.880. The summed E-state index contributed by atoms with van der Waals surface area (Å²) in [4.78, 5) is 13.4. The molecule has 2 saturated heterocycles. The summed E-state index contributed by atoms with van der Waals surface area (Å²) in [6, 6.07) is 13.5. The van der Waals surface area contributed by atoms with Crippen molar-refractivity contribution < 1.29 is 19.0 Å². The van der Waals surface area contributed by atoms with Gasteiger partial charge >= 0.3 is 5.97 Å². The molecule has 146 valence electrons. The van der Waals surface area contributed by atoms with Gasteiger partial charge in [0.2, 0.25) is 0 Å². The number of hydrogen-bond acceptors (Lipinski definition) is 3. The minimum atomic E-state index is -0.710. The number of halogens is 1. The third kappa shape index (κ3) is 3.12. The van der Waals surface area contributed by atoms with Crippen LogP contribution in [0.1, 0.15) is 47.1 Å². The van der Waals surface area contributed by atoms with Gasteiger partial charge in [-0.25, -0.2) is 4.39 Å². The third-order valence-corrected chi connectivity index (χ3v) is 6.55. The number of likely N-dealkylation sites (tertiary alicyclic amines) is 1. The summed E-state index contributed by atoms with van der Waals surface area (Å²) in [6.45, 7) is 2.13. The summed E-state index contributed by atoms with van der Waals surface area (Å²) in [5.41, 5.74) is 4.69. The number of nitrogens with zero attached hydrogens (tertiary/aromatic N) is 1. The highest BCUT2D eigenvalue weighted by Gasteiger charge is 2.42. The first kappa shape index (κ1) is 17.8. The van der Waals surface area contributed by atoms with Crippen LogP contribution >= 0.6 is 0 Å². The molecule has 2 aromatic carbocycles. The van der Waals surface area contributed by atoms with E-state index in [2.05, 4.69) is 29.2 Å². The summed E-state index contributed by atoms with van der Waals surface area (Å²) in [5, 5.41) is 9.24. The SMILES string of the molecule is O=C(O)C1CCN(CC2CC3c4ccccc4Cc4ccc(F)cc4C3O2)C1. The van der Waals surface area contributed by atoms with Crippen molar-refractivity contribution in [1.82, 2.24) is 4.90 Å². The average Bonchev–Trinajstić information content (AvgIpc) is 3.29. The molecule has 4 nitrogen and oxygen atoms in total. The van der Waals surface area contributed by atoms with Gasteiger partial charge in [-0.2, -0.15) is 0 Å². The molecule has 0 amide bonds. The Bertz CT molecular complexity index is 914. The van der Waals surface area contributed by atoms with E-state index in [1.54, 1.807) is 6.07 Å². The van der Waals surface area contributed by atoms with Crippen molar-refractivity contribution in [3.05, 3.63) is 70.5 Å². The van der Waals surface area contributed by atoms with Gasteiger partial charge in [0, 0.05) is 19.0 Å². The Balaban J connectivity index is 1.43. The molecule has 2 fully saturated rings. The third-order valence-electron chi connectivity index (χ3n) is 6.55. The normalized spacial score (nSPS) is 29.0. The zero-order valence-electron chi connectivity index (χ0n) is 15.7. The number of fused-ring (bicyclic) bond motifs is 5. The lowest BCUT2D eigenvalue weighted by molar-refractivity contribution is -0.141. The summed E-state index contributed by atoms with van der Waals surface area (Å²) in [5.74, 6) is -0.998. The molecule has 0 saturated carbocycles. The number of aliphatic carboxylic acids is 1. The molecule has 2 heterocycles. The zero-order valence-corrected chi connectivity index (χ0v) is 15.7. The van der Waals surface area contributed by atoms with Gasteiger partial charge in [-0.05, 0) is 60.2 Å². The molecule has 3 aliphatic rings. The highest BCUT2D eigenvalue weighted by Crippen LogP contribution is 2.49. The first-order valence-electron chi connectivity index (χ1n) is 10.0. The Hall–Kier alpha value is -2.24. The number of ether oxygens (including phenoxy) is 1. The van der Waals surface area contributed by atoms with E-state index in [0.29, 0.717) is 13.0 Å². The monoisotopic (exact) mass is 381 g/mol. The van der Waals surface area contributed by atoms with Gasteiger partial charge in [0.15, 0.2) is 0 Å². The summed E-state index contributed by atoms with van der Waals surface area (Å²) in [7, 11) is 0. The van der Waals surface area contributed by atoms with Crippen LogP contribution in [0, 0.1) is 11.7 Å². The van der Waals surface area contributed by atoms with Crippen LogP contribution < -0.4 is 0 Å². The maximum absolute atomic E-state index is 14.0. The molecule has 4 unspecified atom stereocenters. The van der Waals surface area contributed by atoms with E-state index in [1.807, 2.05) is 6.07 Å². The first-order chi connectivity index (χ1) is 13.6. The van der Waals surface area contributed by atoms with Crippen LogP contribution in [0.2, 0.25) is 0 Å². The van der Waals surface area contributed by atoms with Gasteiger partial charge in [0.1, 0.15) is 5.82 Å². The Kier molecular flexibility index (Phi) is 4.44. The zero-order chi connectivity index (χ0) is 19.3. The number of carboxylic acids is 1. The molecule has 28 heavy (non-hydrogen) atoms. The lowest BCUT2D eigenvalue weighted by Crippen LogP contribution is -2.31. The standard InChI is InChI=1S/C23H24FNO3/c24-17-6-5-15-9-14-3-1-2-4-19(14)21-11-18(28-22(21)20(15)10-17)13-25-8-7-16(12-25)23(26)27/h1-6,10,16,18,21-22H,7-9,11-13H2,(H,26,27). The molecule has 2 aromatic rings. The number of benzene rings is 2. The molecule has 1 aliphatic carbocycles. The molecule has 2 aliphatic heterocycles. The first-order valence-corrected chi connectivity index (χ1v) is 10.0. The smallest absolute Gasteiger partial charge is 0.307 e. The van der Waals surface area contributed by atoms with Crippen LogP contribution in [-0.2, 0) is 16.0 Å². The van der Waals surface area contributed by atoms with E-state index in [4.69, 9.17) is 4.74 Å². The lowest BCUT2D eigenvalue weighted by Gasteiger charge is -2.21. The van der Waals surface area contributed by atoms with E-state index < -0.39 is 5.97 Å².